The minimum absolute atomic E-state index is 0. The van der Waals surface area contributed by atoms with Gasteiger partial charge in [-0.15, -0.1) is 0 Å². The van der Waals surface area contributed by atoms with E-state index in [9.17, 15) is 0 Å². The van der Waals surface area contributed by atoms with Crippen molar-refractivity contribution in [3.05, 3.63) is 145 Å². The Bertz CT molecular complexity index is 2040. The monoisotopic (exact) mass is 816 g/mol. The Morgan fingerprint density at radius 3 is 1.74 bits per heavy atom. The molecule has 0 aliphatic heterocycles. The van der Waals surface area contributed by atoms with E-state index in [2.05, 4.69) is 152 Å². The van der Waals surface area contributed by atoms with Gasteiger partial charge in [0.25, 0.3) is 0 Å². The van der Waals surface area contributed by atoms with Crippen molar-refractivity contribution < 1.29 is 46.1 Å². The number of hydrogen-bond acceptors (Lipinski definition) is 0. The third kappa shape index (κ3) is 6.82. The van der Waals surface area contributed by atoms with E-state index in [1.807, 2.05) is 0 Å². The molecule has 0 saturated heterocycles. The molecule has 4 aromatic rings. The van der Waals surface area contributed by atoms with Gasteiger partial charge in [0.15, 0.2) is 0 Å². The first kappa shape index (κ1) is 38.9. The zero-order valence-corrected chi connectivity index (χ0v) is 36.8. The quantitative estimate of drug-likeness (QED) is 0.203. The minimum atomic E-state index is -2.95. The second-order valence-corrected chi connectivity index (χ2v) is 25.0. The van der Waals surface area contributed by atoms with Gasteiger partial charge in [-0.05, 0) is 0 Å². The molecule has 4 bridgehead atoms. The van der Waals surface area contributed by atoms with E-state index in [1.165, 1.54) is 71.9 Å². The molecule has 10 rings (SSSR count). The van der Waals surface area contributed by atoms with Crippen LogP contribution >= 0.6 is 0 Å². The van der Waals surface area contributed by atoms with Gasteiger partial charge in [0.1, 0.15) is 0 Å². The largest absolute Gasteiger partial charge is 1.00 e. The van der Waals surface area contributed by atoms with Crippen molar-refractivity contribution in [2.45, 2.75) is 104 Å². The van der Waals surface area contributed by atoms with Crippen LogP contribution in [0.15, 0.2) is 112 Å². The van der Waals surface area contributed by atoms with Gasteiger partial charge in [-0.2, -0.15) is 0 Å². The Kier molecular flexibility index (Phi) is 10.5. The number of halogens is 2. The molecule has 6 aliphatic rings. The molecule has 0 amide bonds. The van der Waals surface area contributed by atoms with Crippen molar-refractivity contribution in [1.29, 1.82) is 0 Å². The van der Waals surface area contributed by atoms with Crippen LogP contribution in [0.1, 0.15) is 120 Å². The van der Waals surface area contributed by atoms with Gasteiger partial charge in [-0.25, -0.2) is 0 Å². The number of allylic oxidation sites excluding steroid dienone is 4. The van der Waals surface area contributed by atoms with Crippen LogP contribution in [0.25, 0.3) is 11.1 Å². The Morgan fingerprint density at radius 2 is 1.21 bits per heavy atom. The summed E-state index contributed by atoms with van der Waals surface area (Å²) in [7, 11) is 0. The van der Waals surface area contributed by atoms with Gasteiger partial charge in [-0.3, -0.25) is 0 Å². The molecular formula is C50H56Cl2Zr. The number of benzene rings is 4. The van der Waals surface area contributed by atoms with Gasteiger partial charge >= 0.3 is 318 Å². The molecule has 0 aromatic heterocycles. The molecule has 6 aliphatic carbocycles. The fourth-order valence-corrected chi connectivity index (χ4v) is 20.9. The zero-order chi connectivity index (χ0) is 35.3. The summed E-state index contributed by atoms with van der Waals surface area (Å²) in [6.07, 6.45) is 15.5. The van der Waals surface area contributed by atoms with Crippen LogP contribution in [0, 0.1) is 29.1 Å². The first-order valence-electron chi connectivity index (χ1n) is 20.0. The summed E-state index contributed by atoms with van der Waals surface area (Å²) in [6, 6.07) is 35.6. The molecule has 0 nitrogen and oxygen atoms in total. The van der Waals surface area contributed by atoms with E-state index < -0.39 is 21.3 Å². The van der Waals surface area contributed by atoms with E-state index in [-0.39, 0.29) is 35.6 Å². The number of fused-ring (bicyclic) bond motifs is 3. The van der Waals surface area contributed by atoms with Gasteiger partial charge in [-0.1, -0.05) is 0 Å². The smallest absolute Gasteiger partial charge is 1.00 e. The Labute approximate surface area is 340 Å². The molecule has 0 radical (unpaired) electrons. The Balaban J connectivity index is 0.00000218. The second-order valence-electron chi connectivity index (χ2n) is 19.3. The molecule has 0 N–H and O–H groups in total. The molecule has 4 saturated carbocycles. The summed E-state index contributed by atoms with van der Waals surface area (Å²) in [4.78, 5) is 0. The summed E-state index contributed by atoms with van der Waals surface area (Å²) >= 11 is -2.95. The molecular weight excluding hydrogens is 763 g/mol. The zero-order valence-electron chi connectivity index (χ0n) is 32.8. The predicted octanol–water partition coefficient (Wildman–Crippen LogP) is 6.05. The van der Waals surface area contributed by atoms with E-state index in [0.29, 0.717) is 11.3 Å². The second kappa shape index (κ2) is 14.3. The molecule has 4 fully saturated rings. The molecule has 1 unspecified atom stereocenters. The van der Waals surface area contributed by atoms with Gasteiger partial charge in [0.2, 0.25) is 0 Å². The van der Waals surface area contributed by atoms with Gasteiger partial charge < -0.3 is 24.8 Å². The third-order valence-electron chi connectivity index (χ3n) is 13.5. The maximum atomic E-state index is 2.87. The van der Waals surface area contributed by atoms with Crippen LogP contribution < -0.4 is 28.1 Å². The van der Waals surface area contributed by atoms with E-state index >= 15 is 0 Å². The summed E-state index contributed by atoms with van der Waals surface area (Å²) in [6.45, 7) is 17.0. The van der Waals surface area contributed by atoms with Gasteiger partial charge in [0.05, 0.1) is 0 Å². The topological polar surface area (TPSA) is 0 Å². The molecule has 1 atom stereocenters. The summed E-state index contributed by atoms with van der Waals surface area (Å²) in [5.41, 5.74) is 14.3. The van der Waals surface area contributed by atoms with Crippen LogP contribution in [-0.2, 0) is 38.5 Å². The molecule has 0 spiro atoms. The molecule has 3 heteroatoms. The van der Waals surface area contributed by atoms with Crippen LogP contribution in [-0.4, -0.2) is 3.21 Å². The minimum Gasteiger partial charge on any atom is -1.00 e. The van der Waals surface area contributed by atoms with Gasteiger partial charge in [0, 0.05) is 0 Å². The molecule has 274 valence electrons. The summed E-state index contributed by atoms with van der Waals surface area (Å²) in [5, 5.41) is 0. The Hall–Kier alpha value is -2.31. The SMILES string of the molecule is CC1C=C(C23CC4CC(CC(C4)C2)C3)C=[C]1[Zr+2](=[C](c1ccccc1)c1ccccc1)[c]1c(C(C)(C)C)ccc2c1Cc1cc(C(C)(C)C)ccc1-2.[Cl-].[Cl-]. The standard InChI is InChI=1S/C21H25.C16H21.C13H10.2ClH.Zr/c1-20(2,3)16-7-9-18-14(12-16)11-15-13-17(21(4,5)6)8-10-19(15)18;1-11-2-3-15(4-11)16-8-12-5-13(9-16)7-14(6-12)10-16;1-3-7-12(8-4-1)11-13-9-5-2-6-10-13;;;/h7-10,12H,11H2,1-6H3;3-4,11-14H,5-10H2,1H3;1-10H;2*1H;/q;;;;;+2/p-2. The average molecular weight is 819 g/mol. The van der Waals surface area contributed by atoms with Crippen molar-refractivity contribution in [1.82, 2.24) is 0 Å². The van der Waals surface area contributed by atoms with Crippen LogP contribution in [0.4, 0.5) is 0 Å². The van der Waals surface area contributed by atoms with Crippen LogP contribution in [0.5, 0.6) is 0 Å². The molecule has 4 aromatic carbocycles. The van der Waals surface area contributed by atoms with E-state index in [1.54, 1.807) is 26.5 Å². The fraction of sp³-hybridized carbons (Fsp3) is 0.420. The molecule has 0 heterocycles. The predicted molar refractivity (Wildman–Crippen MR) is 214 cm³/mol. The number of rotatable bonds is 5. The van der Waals surface area contributed by atoms with Crippen LogP contribution in [0.3, 0.4) is 0 Å². The average Bonchev–Trinajstić information content (AvgIpc) is 3.67. The first-order valence-corrected chi connectivity index (χ1v) is 23.7. The normalized spacial score (nSPS) is 24.9. The molecule has 53 heavy (non-hydrogen) atoms. The van der Waals surface area contributed by atoms with Crippen molar-refractivity contribution in [2.75, 3.05) is 0 Å². The maximum Gasteiger partial charge on any atom is -1.00 e. The van der Waals surface area contributed by atoms with Crippen LogP contribution in [0.2, 0.25) is 0 Å². The van der Waals surface area contributed by atoms with E-state index in [0.717, 1.165) is 24.2 Å². The van der Waals surface area contributed by atoms with Crippen molar-refractivity contribution in [2.24, 2.45) is 29.1 Å². The maximum absolute atomic E-state index is 2.95. The summed E-state index contributed by atoms with van der Waals surface area (Å²) < 4.78 is 5.22. The summed E-state index contributed by atoms with van der Waals surface area (Å²) in [5.74, 6) is 3.35. The van der Waals surface area contributed by atoms with Crippen molar-refractivity contribution in [3.8, 4) is 11.1 Å². The fourth-order valence-electron chi connectivity index (χ4n) is 11.5. The Morgan fingerprint density at radius 1 is 0.660 bits per heavy atom. The van der Waals surface area contributed by atoms with E-state index in [4.69, 9.17) is 0 Å². The first-order chi connectivity index (χ1) is 24.4. The number of hydrogen-bond donors (Lipinski definition) is 0. The third-order valence-corrected chi connectivity index (χ3v) is 21.7. The van der Waals surface area contributed by atoms with Crippen molar-refractivity contribution in [3.63, 3.8) is 0 Å². The van der Waals surface area contributed by atoms with Crippen molar-refractivity contribution >= 4 is 6.48 Å².